The largest absolute Gasteiger partial charge is 0.308 e. The topological polar surface area (TPSA) is 68.2 Å². The smallest absolute Gasteiger partial charge is 0.299 e. The summed E-state index contributed by atoms with van der Waals surface area (Å²) in [5.74, 6) is 0. The molecule has 0 bridgehead atoms. The summed E-state index contributed by atoms with van der Waals surface area (Å²) >= 11 is 1.08. The highest BCUT2D eigenvalue weighted by Crippen LogP contribution is 2.24. The molecule has 1 unspecified atom stereocenters. The minimum Gasteiger partial charge on any atom is -0.299 e. The summed E-state index contributed by atoms with van der Waals surface area (Å²) in [4.78, 5) is 12.2. The van der Waals surface area contributed by atoms with Gasteiger partial charge in [-0.1, -0.05) is 36.5 Å². The maximum absolute atomic E-state index is 12.8. The lowest BCUT2D eigenvalue weighted by atomic mass is 10.0. The molecule has 7 heteroatoms. The maximum Gasteiger partial charge on any atom is 0.308 e. The summed E-state index contributed by atoms with van der Waals surface area (Å²) in [6.45, 7) is 8.51. The van der Waals surface area contributed by atoms with Crippen molar-refractivity contribution >= 4 is 31.6 Å². The van der Waals surface area contributed by atoms with Crippen LogP contribution in [-0.2, 0) is 16.6 Å². The van der Waals surface area contributed by atoms with E-state index in [9.17, 15) is 13.2 Å². The third kappa shape index (κ3) is 4.00. The summed E-state index contributed by atoms with van der Waals surface area (Å²) in [5.41, 5.74) is 4.00. The predicted octanol–water partition coefficient (Wildman–Crippen LogP) is 4.13. The third-order valence-corrected chi connectivity index (χ3v) is 7.24. The van der Waals surface area contributed by atoms with E-state index in [2.05, 4.69) is 4.72 Å². The van der Waals surface area contributed by atoms with Gasteiger partial charge in [-0.3, -0.25) is 9.36 Å². The Hall–Kier alpha value is -1.96. The minimum absolute atomic E-state index is 0.0575. The molecule has 0 saturated carbocycles. The molecular formula is C20H24N2O3S2. The molecule has 3 aromatic rings. The molecule has 27 heavy (non-hydrogen) atoms. The van der Waals surface area contributed by atoms with Gasteiger partial charge >= 0.3 is 4.87 Å². The fourth-order valence-electron chi connectivity index (χ4n) is 3.05. The van der Waals surface area contributed by atoms with Crippen LogP contribution < -0.4 is 9.60 Å². The van der Waals surface area contributed by atoms with Crippen LogP contribution in [0.2, 0.25) is 0 Å². The summed E-state index contributed by atoms with van der Waals surface area (Å²) in [6, 6.07) is 10.5. The van der Waals surface area contributed by atoms with E-state index in [1.165, 1.54) is 5.56 Å². The Morgan fingerprint density at radius 2 is 1.85 bits per heavy atom. The SMILES string of the molecule is CCCn1c(=O)sc2cc(S(=O)(=O)NC(C)c3ccc(C)c(C)c3)ccc21. The zero-order valence-electron chi connectivity index (χ0n) is 15.9. The molecule has 0 aliphatic rings. The van der Waals surface area contributed by atoms with E-state index in [1.807, 2.05) is 45.9 Å². The normalized spacial score (nSPS) is 13.2. The summed E-state index contributed by atoms with van der Waals surface area (Å²) in [6.07, 6.45) is 0.848. The Labute approximate surface area is 163 Å². The van der Waals surface area contributed by atoms with Crippen molar-refractivity contribution < 1.29 is 8.42 Å². The summed E-state index contributed by atoms with van der Waals surface area (Å²) in [7, 11) is -3.69. The third-order valence-electron chi connectivity index (χ3n) is 4.76. The minimum atomic E-state index is -3.69. The molecule has 2 aromatic carbocycles. The van der Waals surface area contributed by atoms with Crippen LogP contribution in [-0.4, -0.2) is 13.0 Å². The standard InChI is InChI=1S/C20H24N2O3S2/c1-5-10-22-18-9-8-17(12-19(18)26-20(22)23)27(24,25)21-15(4)16-7-6-13(2)14(3)11-16/h6-9,11-12,15,21H,5,10H2,1-4H3. The van der Waals surface area contributed by atoms with Crippen LogP contribution in [0.25, 0.3) is 10.2 Å². The number of hydrogen-bond donors (Lipinski definition) is 1. The number of fused-ring (bicyclic) bond motifs is 1. The fourth-order valence-corrected chi connectivity index (χ4v) is 5.34. The maximum atomic E-state index is 12.8. The summed E-state index contributed by atoms with van der Waals surface area (Å²) in [5, 5.41) is 0. The number of hydrogen-bond acceptors (Lipinski definition) is 4. The van der Waals surface area contributed by atoms with Gasteiger partial charge in [-0.05, 0) is 62.1 Å². The number of aromatic nitrogens is 1. The van der Waals surface area contributed by atoms with Crippen LogP contribution in [0.5, 0.6) is 0 Å². The number of rotatable bonds is 6. The van der Waals surface area contributed by atoms with Gasteiger partial charge in [-0.2, -0.15) is 0 Å². The van der Waals surface area contributed by atoms with Crippen molar-refractivity contribution in [3.63, 3.8) is 0 Å². The van der Waals surface area contributed by atoms with E-state index in [4.69, 9.17) is 0 Å². The van der Waals surface area contributed by atoms with Crippen molar-refractivity contribution in [2.24, 2.45) is 0 Å². The second-order valence-corrected chi connectivity index (χ2v) is 9.54. The van der Waals surface area contributed by atoms with Gasteiger partial charge < -0.3 is 0 Å². The Morgan fingerprint density at radius 1 is 1.11 bits per heavy atom. The molecule has 5 nitrogen and oxygen atoms in total. The molecule has 1 heterocycles. The average Bonchev–Trinajstić information content (AvgIpc) is 2.92. The molecule has 0 amide bonds. The van der Waals surface area contributed by atoms with E-state index >= 15 is 0 Å². The van der Waals surface area contributed by atoms with Gasteiger partial charge in [-0.25, -0.2) is 13.1 Å². The molecule has 0 saturated heterocycles. The van der Waals surface area contributed by atoms with Crippen LogP contribution in [0.4, 0.5) is 0 Å². The lowest BCUT2D eigenvalue weighted by molar-refractivity contribution is 0.567. The van der Waals surface area contributed by atoms with Crippen molar-refractivity contribution in [3.05, 3.63) is 62.8 Å². The average molecular weight is 405 g/mol. The number of aryl methyl sites for hydroxylation is 3. The van der Waals surface area contributed by atoms with Gasteiger partial charge in [0, 0.05) is 12.6 Å². The Balaban J connectivity index is 1.92. The molecule has 1 N–H and O–H groups in total. The van der Waals surface area contributed by atoms with Crippen molar-refractivity contribution in [2.45, 2.75) is 51.6 Å². The predicted molar refractivity (Wildman–Crippen MR) is 111 cm³/mol. The molecule has 144 valence electrons. The Morgan fingerprint density at radius 3 is 2.52 bits per heavy atom. The van der Waals surface area contributed by atoms with Gasteiger partial charge in [0.05, 0.1) is 15.1 Å². The first-order valence-electron chi connectivity index (χ1n) is 8.96. The first-order chi connectivity index (χ1) is 12.7. The van der Waals surface area contributed by atoms with Gasteiger partial charge in [0.2, 0.25) is 10.0 Å². The van der Waals surface area contributed by atoms with Crippen molar-refractivity contribution in [1.29, 1.82) is 0 Å². The number of benzene rings is 2. The van der Waals surface area contributed by atoms with Gasteiger partial charge in [0.25, 0.3) is 0 Å². The lowest BCUT2D eigenvalue weighted by Crippen LogP contribution is -2.27. The highest BCUT2D eigenvalue weighted by molar-refractivity contribution is 7.89. The van der Waals surface area contributed by atoms with Gasteiger partial charge in [0.1, 0.15) is 0 Å². The van der Waals surface area contributed by atoms with Crippen LogP contribution in [0.15, 0.2) is 46.1 Å². The molecule has 0 spiro atoms. The number of nitrogens with one attached hydrogen (secondary N) is 1. The second-order valence-electron chi connectivity index (χ2n) is 6.84. The number of nitrogens with zero attached hydrogens (tertiary/aromatic N) is 1. The van der Waals surface area contributed by atoms with E-state index in [0.717, 1.165) is 34.4 Å². The molecule has 3 rings (SSSR count). The van der Waals surface area contributed by atoms with Crippen LogP contribution >= 0.6 is 11.3 Å². The second kappa shape index (κ2) is 7.58. The molecule has 0 aliphatic carbocycles. The van der Waals surface area contributed by atoms with E-state index in [-0.39, 0.29) is 15.8 Å². The Bertz CT molecular complexity index is 1140. The van der Waals surface area contributed by atoms with E-state index in [0.29, 0.717) is 11.2 Å². The van der Waals surface area contributed by atoms with E-state index < -0.39 is 10.0 Å². The lowest BCUT2D eigenvalue weighted by Gasteiger charge is -2.16. The van der Waals surface area contributed by atoms with Crippen molar-refractivity contribution in [3.8, 4) is 0 Å². The summed E-state index contributed by atoms with van der Waals surface area (Å²) < 4.78 is 30.8. The molecule has 0 fully saturated rings. The first-order valence-corrected chi connectivity index (χ1v) is 11.3. The highest BCUT2D eigenvalue weighted by Gasteiger charge is 2.20. The van der Waals surface area contributed by atoms with E-state index in [1.54, 1.807) is 22.8 Å². The zero-order chi connectivity index (χ0) is 19.8. The van der Waals surface area contributed by atoms with Gasteiger partial charge in [-0.15, -0.1) is 0 Å². The van der Waals surface area contributed by atoms with Gasteiger partial charge in [0.15, 0.2) is 0 Å². The van der Waals surface area contributed by atoms with Crippen LogP contribution in [0.1, 0.15) is 43.0 Å². The molecule has 1 aromatic heterocycles. The first kappa shape index (κ1) is 19.8. The molecule has 0 radical (unpaired) electrons. The number of sulfonamides is 1. The Kier molecular flexibility index (Phi) is 5.55. The zero-order valence-corrected chi connectivity index (χ0v) is 17.6. The molecule has 0 aliphatic heterocycles. The molecular weight excluding hydrogens is 380 g/mol. The number of thiazole rings is 1. The van der Waals surface area contributed by atoms with Crippen molar-refractivity contribution in [1.82, 2.24) is 9.29 Å². The molecule has 1 atom stereocenters. The quantitative estimate of drug-likeness (QED) is 0.672. The fraction of sp³-hybridized carbons (Fsp3) is 0.350. The highest BCUT2D eigenvalue weighted by atomic mass is 32.2. The monoisotopic (exact) mass is 404 g/mol. The van der Waals surface area contributed by atoms with Crippen LogP contribution in [0.3, 0.4) is 0 Å². The van der Waals surface area contributed by atoms with Crippen molar-refractivity contribution in [2.75, 3.05) is 0 Å². The van der Waals surface area contributed by atoms with Crippen LogP contribution in [0, 0.1) is 13.8 Å².